The molecule has 0 N–H and O–H groups in total. The number of aromatic nitrogens is 3. The van der Waals surface area contributed by atoms with Crippen LogP contribution in [0.1, 0.15) is 19.3 Å². The van der Waals surface area contributed by atoms with E-state index in [9.17, 15) is 0 Å². The third-order valence-electron chi connectivity index (χ3n) is 4.32. The van der Waals surface area contributed by atoms with Gasteiger partial charge in [0, 0.05) is 25.0 Å². The van der Waals surface area contributed by atoms with Crippen LogP contribution in [0.2, 0.25) is 0 Å². The van der Waals surface area contributed by atoms with Crippen LogP contribution in [-0.2, 0) is 0 Å². The van der Waals surface area contributed by atoms with E-state index < -0.39 is 0 Å². The smallest absolute Gasteiger partial charge is 0.167 e. The standard InChI is InChI=1S/C17H20N4O/c1-2-8-20(9-3-1)11-12-22-15-6-7-18-17-16(15)19-13-14-5-4-10-21(14)17/h4-7,10,13H,1-3,8-9,11-12H2. The molecule has 1 fully saturated rings. The van der Waals surface area contributed by atoms with Crippen molar-refractivity contribution in [2.45, 2.75) is 19.3 Å². The first-order chi connectivity index (χ1) is 10.9. The Morgan fingerprint density at radius 3 is 2.91 bits per heavy atom. The van der Waals surface area contributed by atoms with E-state index in [0.717, 1.165) is 29.0 Å². The molecule has 0 unspecified atom stereocenters. The molecule has 114 valence electrons. The van der Waals surface area contributed by atoms with Gasteiger partial charge in [-0.15, -0.1) is 0 Å². The largest absolute Gasteiger partial charge is 0.490 e. The summed E-state index contributed by atoms with van der Waals surface area (Å²) in [5.74, 6) is 0.817. The fourth-order valence-electron chi connectivity index (χ4n) is 3.13. The lowest BCUT2D eigenvalue weighted by Crippen LogP contribution is -2.33. The Labute approximate surface area is 129 Å². The first-order valence-electron chi connectivity index (χ1n) is 7.98. The van der Waals surface area contributed by atoms with Gasteiger partial charge in [0.25, 0.3) is 0 Å². The first-order valence-corrected chi connectivity index (χ1v) is 7.98. The molecule has 1 aliphatic heterocycles. The van der Waals surface area contributed by atoms with Crippen LogP contribution in [0.25, 0.3) is 16.7 Å². The molecular weight excluding hydrogens is 276 g/mol. The molecule has 3 aromatic heterocycles. The van der Waals surface area contributed by atoms with Gasteiger partial charge < -0.3 is 4.74 Å². The van der Waals surface area contributed by atoms with Gasteiger partial charge in [-0.2, -0.15) is 0 Å². The molecule has 1 saturated heterocycles. The normalized spacial score (nSPS) is 16.4. The number of likely N-dealkylation sites (tertiary alicyclic amines) is 1. The predicted octanol–water partition coefficient (Wildman–Crippen LogP) is 2.75. The zero-order valence-electron chi connectivity index (χ0n) is 12.6. The highest BCUT2D eigenvalue weighted by Gasteiger charge is 2.11. The van der Waals surface area contributed by atoms with E-state index in [2.05, 4.69) is 14.9 Å². The summed E-state index contributed by atoms with van der Waals surface area (Å²) in [5.41, 5.74) is 2.72. The Morgan fingerprint density at radius 1 is 1.09 bits per heavy atom. The number of piperidine rings is 1. The molecule has 5 nitrogen and oxygen atoms in total. The lowest BCUT2D eigenvalue weighted by Gasteiger charge is -2.26. The van der Waals surface area contributed by atoms with Crippen LogP contribution in [0.5, 0.6) is 5.75 Å². The predicted molar refractivity (Wildman–Crippen MR) is 86.3 cm³/mol. The second kappa shape index (κ2) is 5.93. The van der Waals surface area contributed by atoms with Gasteiger partial charge in [-0.25, -0.2) is 9.97 Å². The van der Waals surface area contributed by atoms with E-state index in [1.807, 2.05) is 35.0 Å². The number of rotatable bonds is 4. The Balaban J connectivity index is 1.53. The van der Waals surface area contributed by atoms with Crippen molar-refractivity contribution in [2.75, 3.05) is 26.2 Å². The van der Waals surface area contributed by atoms with Crippen molar-refractivity contribution in [1.29, 1.82) is 0 Å². The average molecular weight is 296 g/mol. The number of pyridine rings is 1. The molecule has 0 saturated carbocycles. The molecule has 0 amide bonds. The Kier molecular flexibility index (Phi) is 3.64. The number of nitrogens with zero attached hydrogens (tertiary/aromatic N) is 4. The molecular formula is C17H20N4O. The molecule has 4 heterocycles. The highest BCUT2D eigenvalue weighted by atomic mass is 16.5. The second-order valence-corrected chi connectivity index (χ2v) is 5.79. The van der Waals surface area contributed by atoms with Gasteiger partial charge in [-0.05, 0) is 38.1 Å². The molecule has 1 aliphatic rings. The number of ether oxygens (including phenoxy) is 1. The first kappa shape index (κ1) is 13.5. The van der Waals surface area contributed by atoms with E-state index in [-0.39, 0.29) is 0 Å². The van der Waals surface area contributed by atoms with Gasteiger partial charge in [0.1, 0.15) is 17.9 Å². The van der Waals surface area contributed by atoms with Crippen molar-refractivity contribution >= 4 is 16.7 Å². The molecule has 4 rings (SSSR count). The van der Waals surface area contributed by atoms with Gasteiger partial charge in [0.05, 0.1) is 11.7 Å². The molecule has 0 atom stereocenters. The van der Waals surface area contributed by atoms with Crippen molar-refractivity contribution in [3.8, 4) is 5.75 Å². The van der Waals surface area contributed by atoms with E-state index in [1.54, 1.807) is 6.20 Å². The Hall–Kier alpha value is -2.14. The molecule has 22 heavy (non-hydrogen) atoms. The Morgan fingerprint density at radius 2 is 2.00 bits per heavy atom. The quantitative estimate of drug-likeness (QED) is 0.742. The maximum atomic E-state index is 5.99. The van der Waals surface area contributed by atoms with E-state index in [0.29, 0.717) is 6.61 Å². The minimum absolute atomic E-state index is 0.699. The van der Waals surface area contributed by atoms with Crippen molar-refractivity contribution in [2.24, 2.45) is 0 Å². The topological polar surface area (TPSA) is 42.7 Å². The van der Waals surface area contributed by atoms with Crippen LogP contribution in [0.15, 0.2) is 36.8 Å². The highest BCUT2D eigenvalue weighted by Crippen LogP contribution is 2.22. The summed E-state index contributed by atoms with van der Waals surface area (Å²) >= 11 is 0. The average Bonchev–Trinajstić information content (AvgIpc) is 3.05. The van der Waals surface area contributed by atoms with E-state index >= 15 is 0 Å². The summed E-state index contributed by atoms with van der Waals surface area (Å²) in [6.07, 6.45) is 9.64. The number of hydrogen-bond donors (Lipinski definition) is 0. The summed E-state index contributed by atoms with van der Waals surface area (Å²) in [4.78, 5) is 11.5. The van der Waals surface area contributed by atoms with Crippen molar-refractivity contribution in [3.63, 3.8) is 0 Å². The van der Waals surface area contributed by atoms with Crippen LogP contribution in [-0.4, -0.2) is 45.5 Å². The molecule has 0 bridgehead atoms. The van der Waals surface area contributed by atoms with Crippen LogP contribution in [0.3, 0.4) is 0 Å². The van der Waals surface area contributed by atoms with E-state index in [4.69, 9.17) is 4.74 Å². The van der Waals surface area contributed by atoms with Crippen LogP contribution < -0.4 is 4.74 Å². The van der Waals surface area contributed by atoms with Gasteiger partial charge in [0.15, 0.2) is 5.65 Å². The van der Waals surface area contributed by atoms with Gasteiger partial charge in [0.2, 0.25) is 0 Å². The van der Waals surface area contributed by atoms with Crippen molar-refractivity contribution in [1.82, 2.24) is 19.3 Å². The monoisotopic (exact) mass is 296 g/mol. The zero-order chi connectivity index (χ0) is 14.8. The third-order valence-corrected chi connectivity index (χ3v) is 4.32. The lowest BCUT2D eigenvalue weighted by atomic mass is 10.1. The minimum Gasteiger partial charge on any atom is -0.490 e. The zero-order valence-corrected chi connectivity index (χ0v) is 12.6. The fourth-order valence-corrected chi connectivity index (χ4v) is 3.13. The van der Waals surface area contributed by atoms with E-state index in [1.165, 1.54) is 32.4 Å². The maximum Gasteiger partial charge on any atom is 0.167 e. The third kappa shape index (κ3) is 2.52. The Bertz CT molecular complexity index is 777. The summed E-state index contributed by atoms with van der Waals surface area (Å²) in [7, 11) is 0. The molecule has 5 heteroatoms. The van der Waals surface area contributed by atoms with Gasteiger partial charge in [-0.3, -0.25) is 9.30 Å². The SMILES string of the molecule is c1cc2cnc3c(OCCN4CCCCC4)ccnc3n2c1. The summed E-state index contributed by atoms with van der Waals surface area (Å²) < 4.78 is 8.03. The molecule has 0 aliphatic carbocycles. The van der Waals surface area contributed by atoms with Gasteiger partial charge >= 0.3 is 0 Å². The maximum absolute atomic E-state index is 5.99. The highest BCUT2D eigenvalue weighted by molar-refractivity contribution is 5.80. The minimum atomic E-state index is 0.699. The van der Waals surface area contributed by atoms with Crippen LogP contribution >= 0.6 is 0 Å². The summed E-state index contributed by atoms with van der Waals surface area (Å²) in [6.45, 7) is 4.07. The lowest BCUT2D eigenvalue weighted by molar-refractivity contribution is 0.184. The van der Waals surface area contributed by atoms with Crippen LogP contribution in [0.4, 0.5) is 0 Å². The molecule has 0 aromatic carbocycles. The molecule has 0 spiro atoms. The number of fused-ring (bicyclic) bond motifs is 3. The van der Waals surface area contributed by atoms with Gasteiger partial charge in [-0.1, -0.05) is 6.42 Å². The summed E-state index contributed by atoms with van der Waals surface area (Å²) in [6, 6.07) is 5.93. The van der Waals surface area contributed by atoms with Crippen molar-refractivity contribution in [3.05, 3.63) is 36.8 Å². The number of hydrogen-bond acceptors (Lipinski definition) is 4. The second-order valence-electron chi connectivity index (χ2n) is 5.79. The fraction of sp³-hybridized carbons (Fsp3) is 0.412. The van der Waals surface area contributed by atoms with Crippen LogP contribution in [0, 0.1) is 0 Å². The summed E-state index contributed by atoms with van der Waals surface area (Å²) in [5, 5.41) is 0. The molecule has 0 radical (unpaired) electrons. The molecule has 3 aromatic rings. The van der Waals surface area contributed by atoms with Crippen molar-refractivity contribution < 1.29 is 4.74 Å².